The van der Waals surface area contributed by atoms with Crippen molar-refractivity contribution in [1.82, 2.24) is 0 Å². The van der Waals surface area contributed by atoms with Crippen LogP contribution in [0.5, 0.6) is 5.75 Å². The van der Waals surface area contributed by atoms with Crippen LogP contribution < -0.4 is 10.5 Å². The van der Waals surface area contributed by atoms with Crippen LogP contribution in [0.15, 0.2) is 36.4 Å². The molecule has 2 aromatic rings. The highest BCUT2D eigenvalue weighted by Gasteiger charge is 2.06. The molecule has 2 rings (SSSR count). The summed E-state index contributed by atoms with van der Waals surface area (Å²) in [5, 5.41) is 0.745. The summed E-state index contributed by atoms with van der Waals surface area (Å²) in [6.07, 6.45) is 0. The zero-order valence-corrected chi connectivity index (χ0v) is 12.9. The van der Waals surface area contributed by atoms with Crippen LogP contribution in [0, 0.1) is 13.8 Å². The van der Waals surface area contributed by atoms with E-state index in [1.54, 1.807) is 0 Å². The van der Waals surface area contributed by atoms with E-state index in [1.807, 2.05) is 51.1 Å². The van der Waals surface area contributed by atoms with Crippen LogP contribution in [0.1, 0.15) is 35.2 Å². The molecule has 2 N–H and O–H groups in total. The third-order valence-electron chi connectivity index (χ3n) is 3.32. The van der Waals surface area contributed by atoms with E-state index in [1.165, 1.54) is 0 Å². The minimum atomic E-state index is 0.0364. The number of nitrogens with two attached hydrogens (primary N) is 1. The first-order chi connectivity index (χ1) is 9.47. The molecule has 1 atom stereocenters. The van der Waals surface area contributed by atoms with Crippen molar-refractivity contribution in [2.75, 3.05) is 0 Å². The molecule has 0 heterocycles. The van der Waals surface area contributed by atoms with Crippen LogP contribution in [-0.2, 0) is 6.61 Å². The molecule has 0 aliphatic carbocycles. The van der Waals surface area contributed by atoms with Crippen LogP contribution in [0.3, 0.4) is 0 Å². The van der Waals surface area contributed by atoms with Crippen molar-refractivity contribution in [2.24, 2.45) is 5.73 Å². The molecule has 0 saturated carbocycles. The average molecular weight is 290 g/mol. The maximum absolute atomic E-state index is 6.21. The second kappa shape index (κ2) is 6.29. The Balaban J connectivity index is 2.11. The van der Waals surface area contributed by atoms with Gasteiger partial charge in [-0.05, 0) is 49.6 Å². The van der Waals surface area contributed by atoms with Gasteiger partial charge in [0.2, 0.25) is 0 Å². The summed E-state index contributed by atoms with van der Waals surface area (Å²) in [6, 6.07) is 12.1. The topological polar surface area (TPSA) is 35.2 Å². The Labute approximate surface area is 125 Å². The first kappa shape index (κ1) is 14.9. The maximum atomic E-state index is 6.21. The second-order valence-electron chi connectivity index (χ2n) is 5.20. The quantitative estimate of drug-likeness (QED) is 0.896. The summed E-state index contributed by atoms with van der Waals surface area (Å²) >= 11 is 6.21. The molecule has 0 radical (unpaired) electrons. The Kier molecular flexibility index (Phi) is 4.69. The second-order valence-corrected chi connectivity index (χ2v) is 5.60. The van der Waals surface area contributed by atoms with Gasteiger partial charge < -0.3 is 10.5 Å². The molecule has 20 heavy (non-hydrogen) atoms. The van der Waals surface area contributed by atoms with Gasteiger partial charge in [-0.15, -0.1) is 0 Å². The van der Waals surface area contributed by atoms with E-state index >= 15 is 0 Å². The fourth-order valence-electron chi connectivity index (χ4n) is 2.04. The van der Waals surface area contributed by atoms with Crippen molar-refractivity contribution in [2.45, 2.75) is 33.4 Å². The SMILES string of the molecule is Cc1ccc(COc2ccc([C@@H](C)N)cc2C)c(Cl)c1. The van der Waals surface area contributed by atoms with Crippen LogP contribution in [-0.4, -0.2) is 0 Å². The first-order valence-electron chi connectivity index (χ1n) is 6.71. The molecule has 0 saturated heterocycles. The molecule has 2 nitrogen and oxygen atoms in total. The zero-order chi connectivity index (χ0) is 14.7. The summed E-state index contributed by atoms with van der Waals surface area (Å²) < 4.78 is 5.85. The summed E-state index contributed by atoms with van der Waals surface area (Å²) in [5.41, 5.74) is 10.2. The molecule has 0 aromatic heterocycles. The Morgan fingerprint density at radius 2 is 1.90 bits per heavy atom. The van der Waals surface area contributed by atoms with Crippen LogP contribution in [0.25, 0.3) is 0 Å². The standard InChI is InChI=1S/C17H20ClNO/c1-11-4-5-15(16(18)8-11)10-20-17-7-6-14(13(3)19)9-12(17)2/h4-9,13H,10,19H2,1-3H3/t13-/m1/s1. The van der Waals surface area contributed by atoms with Crippen molar-refractivity contribution < 1.29 is 4.74 Å². The Bertz CT molecular complexity index is 608. The lowest BCUT2D eigenvalue weighted by molar-refractivity contribution is 0.304. The largest absolute Gasteiger partial charge is 0.489 e. The fraction of sp³-hybridized carbons (Fsp3) is 0.294. The molecular formula is C17H20ClNO. The number of hydrogen-bond donors (Lipinski definition) is 1. The lowest BCUT2D eigenvalue weighted by Crippen LogP contribution is -2.05. The molecule has 0 unspecified atom stereocenters. The van der Waals surface area contributed by atoms with Gasteiger partial charge >= 0.3 is 0 Å². The number of halogens is 1. The van der Waals surface area contributed by atoms with Gasteiger partial charge in [0.25, 0.3) is 0 Å². The van der Waals surface area contributed by atoms with Crippen LogP contribution >= 0.6 is 11.6 Å². The minimum absolute atomic E-state index is 0.0364. The molecule has 2 aromatic carbocycles. The molecule has 0 spiro atoms. The predicted octanol–water partition coefficient (Wildman–Crippen LogP) is 4.56. The predicted molar refractivity (Wildman–Crippen MR) is 84.3 cm³/mol. The first-order valence-corrected chi connectivity index (χ1v) is 7.09. The molecule has 0 aliphatic heterocycles. The Hall–Kier alpha value is -1.51. The van der Waals surface area contributed by atoms with Gasteiger partial charge in [0.15, 0.2) is 0 Å². The highest BCUT2D eigenvalue weighted by atomic mass is 35.5. The van der Waals surface area contributed by atoms with E-state index in [0.29, 0.717) is 6.61 Å². The van der Waals surface area contributed by atoms with E-state index in [-0.39, 0.29) is 6.04 Å². The molecule has 0 amide bonds. The van der Waals surface area contributed by atoms with E-state index in [0.717, 1.165) is 33.0 Å². The summed E-state index contributed by atoms with van der Waals surface area (Å²) in [6.45, 7) is 6.49. The molecular weight excluding hydrogens is 270 g/mol. The van der Waals surface area contributed by atoms with Gasteiger partial charge in [-0.3, -0.25) is 0 Å². The van der Waals surface area contributed by atoms with Crippen molar-refractivity contribution in [3.63, 3.8) is 0 Å². The molecule has 106 valence electrons. The van der Waals surface area contributed by atoms with E-state index < -0.39 is 0 Å². The highest BCUT2D eigenvalue weighted by molar-refractivity contribution is 6.31. The molecule has 0 bridgehead atoms. The Morgan fingerprint density at radius 1 is 1.15 bits per heavy atom. The third kappa shape index (κ3) is 3.53. The normalized spacial score (nSPS) is 12.2. The fourth-order valence-corrected chi connectivity index (χ4v) is 2.33. The van der Waals surface area contributed by atoms with Crippen molar-refractivity contribution >= 4 is 11.6 Å². The van der Waals surface area contributed by atoms with Crippen molar-refractivity contribution in [3.05, 3.63) is 63.7 Å². The number of rotatable bonds is 4. The average Bonchev–Trinajstić information content (AvgIpc) is 2.38. The smallest absolute Gasteiger partial charge is 0.122 e. The zero-order valence-electron chi connectivity index (χ0n) is 12.1. The molecule has 0 fully saturated rings. The monoisotopic (exact) mass is 289 g/mol. The lowest BCUT2D eigenvalue weighted by atomic mass is 10.1. The van der Waals surface area contributed by atoms with E-state index in [9.17, 15) is 0 Å². The minimum Gasteiger partial charge on any atom is -0.489 e. The number of hydrogen-bond acceptors (Lipinski definition) is 2. The van der Waals surface area contributed by atoms with Gasteiger partial charge in [-0.1, -0.05) is 35.9 Å². The van der Waals surface area contributed by atoms with Gasteiger partial charge in [-0.25, -0.2) is 0 Å². The van der Waals surface area contributed by atoms with Crippen molar-refractivity contribution in [1.29, 1.82) is 0 Å². The third-order valence-corrected chi connectivity index (χ3v) is 3.67. The van der Waals surface area contributed by atoms with Crippen LogP contribution in [0.2, 0.25) is 5.02 Å². The number of ether oxygens (including phenoxy) is 1. The summed E-state index contributed by atoms with van der Waals surface area (Å²) in [4.78, 5) is 0. The van der Waals surface area contributed by atoms with Crippen LogP contribution in [0.4, 0.5) is 0 Å². The highest BCUT2D eigenvalue weighted by Crippen LogP contribution is 2.24. The maximum Gasteiger partial charge on any atom is 0.122 e. The lowest BCUT2D eigenvalue weighted by Gasteiger charge is -2.13. The summed E-state index contributed by atoms with van der Waals surface area (Å²) in [7, 11) is 0. The van der Waals surface area contributed by atoms with Gasteiger partial charge in [-0.2, -0.15) is 0 Å². The van der Waals surface area contributed by atoms with Gasteiger partial charge in [0, 0.05) is 16.6 Å². The van der Waals surface area contributed by atoms with E-state index in [2.05, 4.69) is 6.07 Å². The molecule has 3 heteroatoms. The van der Waals surface area contributed by atoms with E-state index in [4.69, 9.17) is 22.1 Å². The van der Waals surface area contributed by atoms with Crippen molar-refractivity contribution in [3.8, 4) is 5.75 Å². The van der Waals surface area contributed by atoms with Gasteiger partial charge in [0.05, 0.1) is 0 Å². The molecule has 0 aliphatic rings. The van der Waals surface area contributed by atoms with Gasteiger partial charge in [0.1, 0.15) is 12.4 Å². The number of aryl methyl sites for hydroxylation is 2. The summed E-state index contributed by atoms with van der Waals surface area (Å²) in [5.74, 6) is 0.867. The number of benzene rings is 2. The Morgan fingerprint density at radius 3 is 2.50 bits per heavy atom.